The van der Waals surface area contributed by atoms with Crippen LogP contribution in [0.2, 0.25) is 0 Å². The highest BCUT2D eigenvalue weighted by atomic mass is 16.5. The molecule has 1 aliphatic rings. The molecule has 1 fully saturated rings. The molecule has 1 atom stereocenters. The maximum atomic E-state index is 5.53. The molecule has 0 spiro atoms. The standard InChI is InChI=1S/C13H28N2O2/c1-3-7-15(8-9-17-11-10-16-2)12-13-5-4-6-14-13/h13-14H,3-12H2,1-2H3. The smallest absolute Gasteiger partial charge is 0.0700 e. The minimum atomic E-state index is 0.692. The lowest BCUT2D eigenvalue weighted by atomic mass is 10.2. The summed E-state index contributed by atoms with van der Waals surface area (Å²) in [5.41, 5.74) is 0. The Bertz CT molecular complexity index is 173. The third-order valence-electron chi connectivity index (χ3n) is 3.16. The largest absolute Gasteiger partial charge is 0.382 e. The zero-order valence-corrected chi connectivity index (χ0v) is 11.4. The molecular formula is C13H28N2O2. The average Bonchev–Trinajstić information content (AvgIpc) is 2.82. The molecule has 0 bridgehead atoms. The van der Waals surface area contributed by atoms with E-state index in [9.17, 15) is 0 Å². The van der Waals surface area contributed by atoms with Gasteiger partial charge in [0.25, 0.3) is 0 Å². The zero-order chi connectivity index (χ0) is 12.3. The summed E-state index contributed by atoms with van der Waals surface area (Å²) in [4.78, 5) is 2.51. The van der Waals surface area contributed by atoms with Crippen molar-refractivity contribution in [3.8, 4) is 0 Å². The van der Waals surface area contributed by atoms with E-state index in [0.717, 1.165) is 13.2 Å². The van der Waals surface area contributed by atoms with Crippen molar-refractivity contribution in [3.63, 3.8) is 0 Å². The van der Waals surface area contributed by atoms with Gasteiger partial charge in [0, 0.05) is 26.2 Å². The highest BCUT2D eigenvalue weighted by molar-refractivity contribution is 4.77. The number of nitrogens with zero attached hydrogens (tertiary/aromatic N) is 1. The average molecular weight is 244 g/mol. The van der Waals surface area contributed by atoms with Crippen LogP contribution < -0.4 is 5.32 Å². The predicted molar refractivity (Wildman–Crippen MR) is 70.5 cm³/mol. The van der Waals surface area contributed by atoms with Crippen LogP contribution in [0.4, 0.5) is 0 Å². The van der Waals surface area contributed by atoms with Crippen LogP contribution in [0.5, 0.6) is 0 Å². The highest BCUT2D eigenvalue weighted by Crippen LogP contribution is 2.07. The molecule has 1 N–H and O–H groups in total. The lowest BCUT2D eigenvalue weighted by Gasteiger charge is -2.25. The summed E-state index contributed by atoms with van der Waals surface area (Å²) in [5.74, 6) is 0. The molecule has 4 nitrogen and oxygen atoms in total. The highest BCUT2D eigenvalue weighted by Gasteiger charge is 2.17. The van der Waals surface area contributed by atoms with Gasteiger partial charge in [0.05, 0.1) is 19.8 Å². The summed E-state index contributed by atoms with van der Waals surface area (Å²) in [6.07, 6.45) is 3.87. The van der Waals surface area contributed by atoms with Crippen molar-refractivity contribution < 1.29 is 9.47 Å². The van der Waals surface area contributed by atoms with Crippen LogP contribution in [-0.2, 0) is 9.47 Å². The van der Waals surface area contributed by atoms with Crippen LogP contribution in [-0.4, -0.2) is 64.1 Å². The van der Waals surface area contributed by atoms with Gasteiger partial charge in [-0.25, -0.2) is 0 Å². The monoisotopic (exact) mass is 244 g/mol. The van der Waals surface area contributed by atoms with E-state index in [1.807, 2.05) is 0 Å². The number of nitrogens with one attached hydrogen (secondary N) is 1. The van der Waals surface area contributed by atoms with Gasteiger partial charge in [-0.05, 0) is 32.4 Å². The number of ether oxygens (including phenoxy) is 2. The van der Waals surface area contributed by atoms with Crippen molar-refractivity contribution in [2.24, 2.45) is 0 Å². The number of hydrogen-bond donors (Lipinski definition) is 1. The molecule has 0 aromatic carbocycles. The van der Waals surface area contributed by atoms with E-state index in [1.54, 1.807) is 7.11 Å². The van der Waals surface area contributed by atoms with Crippen LogP contribution in [0.15, 0.2) is 0 Å². The molecule has 0 amide bonds. The topological polar surface area (TPSA) is 33.7 Å². The van der Waals surface area contributed by atoms with Gasteiger partial charge in [-0.1, -0.05) is 6.92 Å². The molecule has 4 heteroatoms. The molecule has 0 saturated carbocycles. The number of methoxy groups -OCH3 is 1. The summed E-state index contributed by atoms with van der Waals surface area (Å²) in [6, 6.07) is 0.695. The number of hydrogen-bond acceptors (Lipinski definition) is 4. The first-order valence-corrected chi connectivity index (χ1v) is 6.89. The van der Waals surface area contributed by atoms with Crippen molar-refractivity contribution in [3.05, 3.63) is 0 Å². The predicted octanol–water partition coefficient (Wildman–Crippen LogP) is 1.11. The second-order valence-corrected chi connectivity index (χ2v) is 4.70. The molecule has 1 heterocycles. The number of rotatable bonds is 10. The zero-order valence-electron chi connectivity index (χ0n) is 11.4. The third-order valence-corrected chi connectivity index (χ3v) is 3.16. The Kier molecular flexibility index (Phi) is 8.61. The van der Waals surface area contributed by atoms with Crippen molar-refractivity contribution in [1.29, 1.82) is 0 Å². The molecule has 1 unspecified atom stereocenters. The third kappa shape index (κ3) is 6.99. The van der Waals surface area contributed by atoms with E-state index in [-0.39, 0.29) is 0 Å². The Hall–Kier alpha value is -0.160. The summed E-state index contributed by atoms with van der Waals surface area (Å²) in [7, 11) is 1.71. The molecular weight excluding hydrogens is 216 g/mol. The lowest BCUT2D eigenvalue weighted by Crippen LogP contribution is -2.39. The maximum absolute atomic E-state index is 5.53. The van der Waals surface area contributed by atoms with Gasteiger partial charge >= 0.3 is 0 Å². The van der Waals surface area contributed by atoms with E-state index in [1.165, 1.54) is 38.9 Å². The van der Waals surface area contributed by atoms with Crippen LogP contribution in [0.25, 0.3) is 0 Å². The fourth-order valence-electron chi connectivity index (χ4n) is 2.27. The van der Waals surface area contributed by atoms with Gasteiger partial charge in [-0.2, -0.15) is 0 Å². The molecule has 0 aromatic rings. The van der Waals surface area contributed by atoms with E-state index in [0.29, 0.717) is 19.3 Å². The van der Waals surface area contributed by atoms with E-state index in [2.05, 4.69) is 17.1 Å². The Morgan fingerprint density at radius 3 is 2.76 bits per heavy atom. The van der Waals surface area contributed by atoms with Gasteiger partial charge < -0.3 is 14.8 Å². The molecule has 1 aliphatic heterocycles. The summed E-state index contributed by atoms with van der Waals surface area (Å²) in [5, 5.41) is 3.55. The van der Waals surface area contributed by atoms with Crippen molar-refractivity contribution in [2.45, 2.75) is 32.2 Å². The Balaban J connectivity index is 2.08. The van der Waals surface area contributed by atoms with Crippen LogP contribution in [0.1, 0.15) is 26.2 Å². The quantitative estimate of drug-likeness (QED) is 0.584. The Morgan fingerprint density at radius 2 is 2.12 bits per heavy atom. The summed E-state index contributed by atoms with van der Waals surface area (Å²) < 4.78 is 10.5. The minimum absolute atomic E-state index is 0.692. The minimum Gasteiger partial charge on any atom is -0.382 e. The van der Waals surface area contributed by atoms with Gasteiger partial charge in [-0.3, -0.25) is 4.90 Å². The van der Waals surface area contributed by atoms with E-state index < -0.39 is 0 Å². The Labute approximate surface area is 106 Å². The first-order chi connectivity index (χ1) is 8.36. The second-order valence-electron chi connectivity index (χ2n) is 4.70. The van der Waals surface area contributed by atoms with E-state index in [4.69, 9.17) is 9.47 Å². The Morgan fingerprint density at radius 1 is 1.24 bits per heavy atom. The molecule has 102 valence electrons. The molecule has 1 rings (SSSR count). The fraction of sp³-hybridized carbons (Fsp3) is 1.00. The maximum Gasteiger partial charge on any atom is 0.0700 e. The van der Waals surface area contributed by atoms with Crippen molar-refractivity contribution >= 4 is 0 Å². The summed E-state index contributed by atoms with van der Waals surface area (Å²) >= 11 is 0. The van der Waals surface area contributed by atoms with Gasteiger partial charge in [0.2, 0.25) is 0 Å². The lowest BCUT2D eigenvalue weighted by molar-refractivity contribution is 0.0559. The molecule has 1 saturated heterocycles. The fourth-order valence-corrected chi connectivity index (χ4v) is 2.27. The van der Waals surface area contributed by atoms with Gasteiger partial charge in [-0.15, -0.1) is 0 Å². The van der Waals surface area contributed by atoms with E-state index >= 15 is 0 Å². The molecule has 17 heavy (non-hydrogen) atoms. The van der Waals surface area contributed by atoms with Crippen LogP contribution >= 0.6 is 0 Å². The second kappa shape index (κ2) is 9.83. The first-order valence-electron chi connectivity index (χ1n) is 6.89. The SMILES string of the molecule is CCCN(CCOCCOC)CC1CCCN1. The molecule has 0 aliphatic carbocycles. The van der Waals surface area contributed by atoms with Gasteiger partial charge in [0.1, 0.15) is 0 Å². The first kappa shape index (κ1) is 14.9. The summed E-state index contributed by atoms with van der Waals surface area (Å²) in [6.45, 7) is 9.02. The normalized spacial score (nSPS) is 20.3. The van der Waals surface area contributed by atoms with Crippen molar-refractivity contribution in [1.82, 2.24) is 10.2 Å². The molecule has 0 radical (unpaired) electrons. The van der Waals surface area contributed by atoms with Crippen LogP contribution in [0, 0.1) is 0 Å². The molecule has 0 aromatic heterocycles. The van der Waals surface area contributed by atoms with Crippen LogP contribution in [0.3, 0.4) is 0 Å². The van der Waals surface area contributed by atoms with Crippen molar-refractivity contribution in [2.75, 3.05) is 53.1 Å². The van der Waals surface area contributed by atoms with Gasteiger partial charge in [0.15, 0.2) is 0 Å².